The lowest BCUT2D eigenvalue weighted by Gasteiger charge is -2.34. The number of nitrogens with one attached hydrogen (secondary N) is 1. The van der Waals surface area contributed by atoms with Crippen LogP contribution in [0.2, 0.25) is 0 Å². The number of carbonyl (C=O) groups excluding carboxylic acids is 1. The fourth-order valence-electron chi connectivity index (χ4n) is 3.73. The van der Waals surface area contributed by atoms with Crippen LogP contribution in [0, 0.1) is 0 Å². The van der Waals surface area contributed by atoms with Gasteiger partial charge in [-0.15, -0.1) is 0 Å². The van der Waals surface area contributed by atoms with Crippen molar-refractivity contribution in [1.82, 2.24) is 9.80 Å². The molecule has 0 atom stereocenters. The molecule has 0 radical (unpaired) electrons. The summed E-state index contributed by atoms with van der Waals surface area (Å²) < 4.78 is 16.0. The van der Waals surface area contributed by atoms with Gasteiger partial charge in [0.2, 0.25) is 11.7 Å². The molecular formula is C25H33N3O4. The van der Waals surface area contributed by atoms with Crippen molar-refractivity contribution in [1.29, 1.82) is 0 Å². The van der Waals surface area contributed by atoms with Gasteiger partial charge in [-0.3, -0.25) is 9.69 Å². The highest BCUT2D eigenvalue weighted by Crippen LogP contribution is 2.39. The van der Waals surface area contributed by atoms with Gasteiger partial charge < -0.3 is 24.4 Å². The number of amides is 1. The molecule has 0 unspecified atom stereocenters. The average Bonchev–Trinajstić information content (AvgIpc) is 2.83. The number of hydrogen-bond acceptors (Lipinski definition) is 6. The van der Waals surface area contributed by atoms with E-state index in [4.69, 9.17) is 14.2 Å². The van der Waals surface area contributed by atoms with Gasteiger partial charge in [0, 0.05) is 63.5 Å². The van der Waals surface area contributed by atoms with Crippen molar-refractivity contribution in [3.05, 3.63) is 54.1 Å². The number of ether oxygens (including phenoxy) is 3. The molecule has 7 heteroatoms. The van der Waals surface area contributed by atoms with E-state index >= 15 is 0 Å². The van der Waals surface area contributed by atoms with Gasteiger partial charge in [-0.1, -0.05) is 42.5 Å². The second-order valence-electron chi connectivity index (χ2n) is 7.67. The van der Waals surface area contributed by atoms with Gasteiger partial charge >= 0.3 is 0 Å². The molecule has 2 aromatic carbocycles. The van der Waals surface area contributed by atoms with Crippen LogP contribution in [0.15, 0.2) is 48.5 Å². The van der Waals surface area contributed by atoms with E-state index in [2.05, 4.69) is 51.5 Å². The van der Waals surface area contributed by atoms with E-state index in [1.54, 1.807) is 33.5 Å². The van der Waals surface area contributed by atoms with Crippen LogP contribution < -0.4 is 19.5 Å². The molecule has 7 nitrogen and oxygen atoms in total. The third-order valence-corrected chi connectivity index (χ3v) is 5.54. The molecule has 1 heterocycles. The largest absolute Gasteiger partial charge is 0.493 e. The zero-order valence-corrected chi connectivity index (χ0v) is 19.2. The van der Waals surface area contributed by atoms with E-state index in [0.29, 0.717) is 29.4 Å². The summed E-state index contributed by atoms with van der Waals surface area (Å²) in [7, 11) is 4.66. The van der Waals surface area contributed by atoms with Crippen LogP contribution in [0.4, 0.5) is 5.69 Å². The summed E-state index contributed by atoms with van der Waals surface area (Å²) in [6.45, 7) is 5.64. The van der Waals surface area contributed by atoms with E-state index in [9.17, 15) is 4.79 Å². The van der Waals surface area contributed by atoms with Crippen molar-refractivity contribution in [2.24, 2.45) is 0 Å². The number of nitrogens with zero attached hydrogens (tertiary/aromatic N) is 2. The van der Waals surface area contributed by atoms with Crippen molar-refractivity contribution in [3.8, 4) is 17.2 Å². The van der Waals surface area contributed by atoms with Gasteiger partial charge in [-0.25, -0.2) is 0 Å². The lowest BCUT2D eigenvalue weighted by molar-refractivity contribution is -0.116. The van der Waals surface area contributed by atoms with Gasteiger partial charge in [0.1, 0.15) is 0 Å². The zero-order chi connectivity index (χ0) is 22.8. The number of methoxy groups -OCH3 is 3. The van der Waals surface area contributed by atoms with Crippen molar-refractivity contribution in [2.75, 3.05) is 65.9 Å². The number of hydrogen-bond donors (Lipinski definition) is 1. The monoisotopic (exact) mass is 439 g/mol. The predicted octanol–water partition coefficient (Wildman–Crippen LogP) is 3.37. The van der Waals surface area contributed by atoms with E-state index in [0.717, 1.165) is 39.3 Å². The highest BCUT2D eigenvalue weighted by atomic mass is 16.5. The summed E-state index contributed by atoms with van der Waals surface area (Å²) in [4.78, 5) is 17.3. The van der Waals surface area contributed by atoms with Crippen LogP contribution in [0.1, 0.15) is 12.0 Å². The number of piperazine rings is 1. The maximum atomic E-state index is 12.5. The predicted molar refractivity (Wildman–Crippen MR) is 128 cm³/mol. The third kappa shape index (κ3) is 6.73. The minimum atomic E-state index is -0.0347. The van der Waals surface area contributed by atoms with Crippen molar-refractivity contribution in [2.45, 2.75) is 6.42 Å². The molecule has 1 saturated heterocycles. The third-order valence-electron chi connectivity index (χ3n) is 5.54. The highest BCUT2D eigenvalue weighted by molar-refractivity contribution is 5.91. The Bertz CT molecular complexity index is 868. The lowest BCUT2D eigenvalue weighted by Crippen LogP contribution is -2.46. The van der Waals surface area contributed by atoms with Crippen LogP contribution in [-0.2, 0) is 4.79 Å². The summed E-state index contributed by atoms with van der Waals surface area (Å²) in [5.41, 5.74) is 1.85. The molecule has 1 N–H and O–H groups in total. The topological polar surface area (TPSA) is 63.3 Å². The Morgan fingerprint density at radius 3 is 2.16 bits per heavy atom. The van der Waals surface area contributed by atoms with Gasteiger partial charge in [0.25, 0.3) is 0 Å². The molecule has 32 heavy (non-hydrogen) atoms. The van der Waals surface area contributed by atoms with Crippen molar-refractivity contribution >= 4 is 17.7 Å². The quantitative estimate of drug-likeness (QED) is 0.613. The SMILES string of the molecule is COc1cc(NC(=O)CCN2CCN(C/C=C/c3ccccc3)CC2)cc(OC)c1OC. The maximum absolute atomic E-state index is 12.5. The molecule has 1 fully saturated rings. The summed E-state index contributed by atoms with van der Waals surface area (Å²) in [5.74, 6) is 1.50. The fourth-order valence-corrected chi connectivity index (χ4v) is 3.73. The normalized spacial score (nSPS) is 15.0. The Balaban J connectivity index is 1.41. The Morgan fingerprint density at radius 2 is 1.56 bits per heavy atom. The summed E-state index contributed by atoms with van der Waals surface area (Å²) in [6.07, 6.45) is 4.82. The summed E-state index contributed by atoms with van der Waals surface area (Å²) in [5, 5.41) is 2.93. The Hall–Kier alpha value is -3.03. The molecule has 0 saturated carbocycles. The first-order valence-electron chi connectivity index (χ1n) is 10.9. The molecule has 3 rings (SSSR count). The van der Waals surface area contributed by atoms with Crippen LogP contribution >= 0.6 is 0 Å². The second kappa shape index (κ2) is 12.1. The first-order chi connectivity index (χ1) is 15.6. The number of anilines is 1. The van der Waals surface area contributed by atoms with Crippen LogP contribution in [-0.4, -0.2) is 76.3 Å². The average molecular weight is 440 g/mol. The Morgan fingerprint density at radius 1 is 0.938 bits per heavy atom. The first kappa shape index (κ1) is 23.6. The molecular weight excluding hydrogens is 406 g/mol. The summed E-state index contributed by atoms with van der Waals surface area (Å²) in [6, 6.07) is 13.8. The molecule has 1 amide bonds. The molecule has 2 aromatic rings. The van der Waals surface area contributed by atoms with Crippen molar-refractivity contribution < 1.29 is 19.0 Å². The Labute approximate surface area is 190 Å². The minimum absolute atomic E-state index is 0.0347. The van der Waals surface area contributed by atoms with Gasteiger partial charge in [-0.2, -0.15) is 0 Å². The number of benzene rings is 2. The molecule has 0 spiro atoms. The van der Waals surface area contributed by atoms with Gasteiger partial charge in [0.15, 0.2) is 11.5 Å². The lowest BCUT2D eigenvalue weighted by atomic mass is 10.2. The van der Waals surface area contributed by atoms with E-state index in [-0.39, 0.29) is 5.91 Å². The van der Waals surface area contributed by atoms with E-state index < -0.39 is 0 Å². The van der Waals surface area contributed by atoms with Crippen LogP contribution in [0.3, 0.4) is 0 Å². The van der Waals surface area contributed by atoms with Crippen molar-refractivity contribution in [3.63, 3.8) is 0 Å². The standard InChI is InChI=1S/C25H33N3O4/c1-30-22-18-21(19-23(31-2)25(22)32-3)26-24(29)11-13-28-16-14-27(15-17-28)12-7-10-20-8-5-4-6-9-20/h4-10,18-19H,11-17H2,1-3H3,(H,26,29)/b10-7+. The minimum Gasteiger partial charge on any atom is -0.493 e. The molecule has 172 valence electrons. The molecule has 1 aliphatic heterocycles. The Kier molecular flexibility index (Phi) is 8.95. The van der Waals surface area contributed by atoms with Gasteiger partial charge in [0.05, 0.1) is 21.3 Å². The molecule has 0 aromatic heterocycles. The molecule has 0 aliphatic carbocycles. The zero-order valence-electron chi connectivity index (χ0n) is 19.2. The second-order valence-corrected chi connectivity index (χ2v) is 7.67. The molecule has 1 aliphatic rings. The smallest absolute Gasteiger partial charge is 0.225 e. The first-order valence-corrected chi connectivity index (χ1v) is 10.9. The van der Waals surface area contributed by atoms with Crippen LogP contribution in [0.25, 0.3) is 6.08 Å². The summed E-state index contributed by atoms with van der Waals surface area (Å²) >= 11 is 0. The number of rotatable bonds is 10. The van der Waals surface area contributed by atoms with Crippen LogP contribution in [0.5, 0.6) is 17.2 Å². The molecule has 0 bridgehead atoms. The number of carbonyl (C=O) groups is 1. The van der Waals surface area contributed by atoms with E-state index in [1.807, 2.05) is 6.07 Å². The van der Waals surface area contributed by atoms with Gasteiger partial charge in [-0.05, 0) is 5.56 Å². The van der Waals surface area contributed by atoms with E-state index in [1.165, 1.54) is 5.56 Å². The maximum Gasteiger partial charge on any atom is 0.225 e. The highest BCUT2D eigenvalue weighted by Gasteiger charge is 2.18. The fraction of sp³-hybridized carbons (Fsp3) is 0.400.